The molecule has 0 aromatic heterocycles. The lowest BCUT2D eigenvalue weighted by atomic mass is 10.1. The molecule has 0 spiro atoms. The largest absolute Gasteiger partial charge is 0.497 e. The van der Waals surface area contributed by atoms with Crippen molar-refractivity contribution >= 4 is 5.96 Å². The molecule has 0 atom stereocenters. The zero-order valence-corrected chi connectivity index (χ0v) is 14.5. The maximum atomic E-state index is 5.16. The molecule has 0 heterocycles. The van der Waals surface area contributed by atoms with Crippen molar-refractivity contribution in [2.24, 2.45) is 4.99 Å². The van der Waals surface area contributed by atoms with Gasteiger partial charge in [0.2, 0.25) is 0 Å². The fraction of sp³-hybridized carbons (Fsp3) is 0.588. The van der Waals surface area contributed by atoms with Gasteiger partial charge in [-0.1, -0.05) is 12.1 Å². The number of benzene rings is 1. The van der Waals surface area contributed by atoms with E-state index in [1.807, 2.05) is 24.3 Å². The Hall–Kier alpha value is -1.75. The molecule has 1 aromatic carbocycles. The number of ether oxygens (including phenoxy) is 1. The Morgan fingerprint density at radius 2 is 1.77 bits per heavy atom. The summed E-state index contributed by atoms with van der Waals surface area (Å²) >= 11 is 0. The molecule has 22 heavy (non-hydrogen) atoms. The van der Waals surface area contributed by atoms with Crippen molar-refractivity contribution < 1.29 is 4.74 Å². The van der Waals surface area contributed by atoms with Crippen molar-refractivity contribution in [2.45, 2.75) is 39.8 Å². The van der Waals surface area contributed by atoms with Crippen molar-refractivity contribution in [3.63, 3.8) is 0 Å². The Morgan fingerprint density at radius 3 is 2.32 bits per heavy atom. The summed E-state index contributed by atoms with van der Waals surface area (Å²) in [5.41, 5.74) is 1.30. The van der Waals surface area contributed by atoms with Crippen molar-refractivity contribution in [3.05, 3.63) is 29.8 Å². The number of nitrogens with one attached hydrogen (secondary N) is 3. The van der Waals surface area contributed by atoms with Crippen LogP contribution >= 0.6 is 0 Å². The predicted octanol–water partition coefficient (Wildman–Crippen LogP) is 2.14. The summed E-state index contributed by atoms with van der Waals surface area (Å²) in [5, 5.41) is 10.0. The second-order valence-electron chi connectivity index (χ2n) is 6.15. The Labute approximate surface area is 134 Å². The van der Waals surface area contributed by atoms with Gasteiger partial charge in [0, 0.05) is 25.2 Å². The van der Waals surface area contributed by atoms with Crippen LogP contribution in [-0.2, 0) is 6.54 Å². The number of guanidine groups is 1. The molecular formula is C17H30N4O. The van der Waals surface area contributed by atoms with E-state index in [4.69, 9.17) is 4.74 Å². The van der Waals surface area contributed by atoms with Gasteiger partial charge in [-0.3, -0.25) is 0 Å². The zero-order valence-electron chi connectivity index (χ0n) is 14.5. The van der Waals surface area contributed by atoms with E-state index < -0.39 is 0 Å². The van der Waals surface area contributed by atoms with Crippen LogP contribution in [0.3, 0.4) is 0 Å². The van der Waals surface area contributed by atoms with Gasteiger partial charge in [-0.25, -0.2) is 4.99 Å². The quantitative estimate of drug-likeness (QED) is 0.410. The number of methoxy groups -OCH3 is 1. The minimum atomic E-state index is 0.139. The highest BCUT2D eigenvalue weighted by Gasteiger charge is 2.07. The normalized spacial score (nSPS) is 12.1. The smallest absolute Gasteiger partial charge is 0.191 e. The van der Waals surface area contributed by atoms with Gasteiger partial charge in [0.1, 0.15) is 5.75 Å². The molecule has 0 aliphatic rings. The van der Waals surface area contributed by atoms with E-state index in [1.165, 1.54) is 0 Å². The summed E-state index contributed by atoms with van der Waals surface area (Å²) in [7, 11) is 1.67. The topological polar surface area (TPSA) is 57.7 Å². The first kappa shape index (κ1) is 18.3. The zero-order chi connectivity index (χ0) is 16.4. The van der Waals surface area contributed by atoms with Crippen LogP contribution in [0.25, 0.3) is 0 Å². The Bertz CT molecular complexity index is 449. The molecule has 0 fully saturated rings. The van der Waals surface area contributed by atoms with Gasteiger partial charge >= 0.3 is 0 Å². The van der Waals surface area contributed by atoms with E-state index >= 15 is 0 Å². The molecule has 3 N–H and O–H groups in total. The first-order chi connectivity index (χ1) is 10.4. The lowest BCUT2D eigenvalue weighted by Crippen LogP contribution is -2.44. The van der Waals surface area contributed by atoms with E-state index in [0.29, 0.717) is 6.54 Å². The summed E-state index contributed by atoms with van der Waals surface area (Å²) in [6.45, 7) is 11.8. The van der Waals surface area contributed by atoms with Crippen molar-refractivity contribution in [3.8, 4) is 5.75 Å². The minimum absolute atomic E-state index is 0.139. The maximum Gasteiger partial charge on any atom is 0.191 e. The molecule has 1 aromatic rings. The molecule has 5 nitrogen and oxygen atoms in total. The molecule has 0 bridgehead atoms. The highest BCUT2D eigenvalue weighted by Crippen LogP contribution is 2.11. The van der Waals surface area contributed by atoms with Crippen LogP contribution in [0.5, 0.6) is 5.75 Å². The van der Waals surface area contributed by atoms with Crippen LogP contribution in [0.1, 0.15) is 33.3 Å². The molecule has 0 amide bonds. The summed E-state index contributed by atoms with van der Waals surface area (Å²) in [6.07, 6.45) is 0. The van der Waals surface area contributed by atoms with E-state index in [9.17, 15) is 0 Å². The van der Waals surface area contributed by atoms with E-state index in [1.54, 1.807) is 7.11 Å². The second-order valence-corrected chi connectivity index (χ2v) is 6.15. The predicted molar refractivity (Wildman–Crippen MR) is 93.6 cm³/mol. The average Bonchev–Trinajstić information content (AvgIpc) is 2.48. The Morgan fingerprint density at radius 1 is 1.09 bits per heavy atom. The molecule has 124 valence electrons. The van der Waals surface area contributed by atoms with Crippen LogP contribution < -0.4 is 20.7 Å². The van der Waals surface area contributed by atoms with Crippen LogP contribution in [-0.4, -0.2) is 38.2 Å². The summed E-state index contributed by atoms with van der Waals surface area (Å²) in [6, 6.07) is 7.98. The average molecular weight is 306 g/mol. The van der Waals surface area contributed by atoms with E-state index in [-0.39, 0.29) is 5.54 Å². The SMILES string of the molecule is CCNC(=NCc1ccc(OC)cc1)NCCNC(C)(C)C. The number of hydrogen-bond donors (Lipinski definition) is 3. The monoisotopic (exact) mass is 306 g/mol. The summed E-state index contributed by atoms with van der Waals surface area (Å²) in [5.74, 6) is 1.71. The number of hydrogen-bond acceptors (Lipinski definition) is 3. The molecule has 0 aliphatic carbocycles. The van der Waals surface area contributed by atoms with Gasteiger partial charge in [-0.15, -0.1) is 0 Å². The molecule has 0 aliphatic heterocycles. The molecule has 0 saturated heterocycles. The van der Waals surface area contributed by atoms with Crippen LogP contribution in [0.15, 0.2) is 29.3 Å². The number of aliphatic imine (C=N–C) groups is 1. The third kappa shape index (κ3) is 7.88. The number of rotatable bonds is 7. The van der Waals surface area contributed by atoms with E-state index in [2.05, 4.69) is 48.6 Å². The van der Waals surface area contributed by atoms with Gasteiger partial charge in [-0.2, -0.15) is 0 Å². The van der Waals surface area contributed by atoms with Gasteiger partial charge in [0.05, 0.1) is 13.7 Å². The minimum Gasteiger partial charge on any atom is -0.497 e. The van der Waals surface area contributed by atoms with Crippen LogP contribution in [0, 0.1) is 0 Å². The molecule has 5 heteroatoms. The lowest BCUT2D eigenvalue weighted by Gasteiger charge is -2.21. The van der Waals surface area contributed by atoms with Gasteiger partial charge in [0.25, 0.3) is 0 Å². The summed E-state index contributed by atoms with van der Waals surface area (Å²) in [4.78, 5) is 4.60. The molecule has 0 radical (unpaired) electrons. The van der Waals surface area contributed by atoms with Gasteiger partial charge in [-0.05, 0) is 45.4 Å². The maximum absolute atomic E-state index is 5.16. The molecule has 1 rings (SSSR count). The highest BCUT2D eigenvalue weighted by molar-refractivity contribution is 5.79. The number of nitrogens with zero attached hydrogens (tertiary/aromatic N) is 1. The molecule has 0 unspecified atom stereocenters. The first-order valence-electron chi connectivity index (χ1n) is 7.84. The summed E-state index contributed by atoms with van der Waals surface area (Å²) < 4.78 is 5.16. The standard InChI is InChI=1S/C17H30N4O/c1-6-18-16(19-11-12-21-17(2,3)4)20-13-14-7-9-15(22-5)10-8-14/h7-10,21H,6,11-13H2,1-5H3,(H2,18,19,20). The van der Waals surface area contributed by atoms with Crippen LogP contribution in [0.4, 0.5) is 0 Å². The van der Waals surface area contributed by atoms with Crippen molar-refractivity contribution in [2.75, 3.05) is 26.7 Å². The highest BCUT2D eigenvalue weighted by atomic mass is 16.5. The Balaban J connectivity index is 2.46. The third-order valence-electron chi connectivity index (χ3n) is 3.00. The van der Waals surface area contributed by atoms with Crippen LogP contribution in [0.2, 0.25) is 0 Å². The molecule has 0 saturated carbocycles. The van der Waals surface area contributed by atoms with Gasteiger partial charge in [0.15, 0.2) is 5.96 Å². The third-order valence-corrected chi connectivity index (χ3v) is 3.00. The lowest BCUT2D eigenvalue weighted by molar-refractivity contribution is 0.414. The molecular weight excluding hydrogens is 276 g/mol. The fourth-order valence-electron chi connectivity index (χ4n) is 1.86. The Kier molecular flexibility index (Phi) is 7.74. The fourth-order valence-corrected chi connectivity index (χ4v) is 1.86. The van der Waals surface area contributed by atoms with Gasteiger partial charge < -0.3 is 20.7 Å². The van der Waals surface area contributed by atoms with Crippen molar-refractivity contribution in [1.82, 2.24) is 16.0 Å². The van der Waals surface area contributed by atoms with E-state index in [0.717, 1.165) is 36.9 Å². The first-order valence-corrected chi connectivity index (χ1v) is 7.84. The second kappa shape index (κ2) is 9.30. The van der Waals surface area contributed by atoms with Crippen molar-refractivity contribution in [1.29, 1.82) is 0 Å².